The van der Waals surface area contributed by atoms with E-state index in [1.54, 1.807) is 6.07 Å². The predicted molar refractivity (Wildman–Crippen MR) is 57.5 cm³/mol. The monoisotopic (exact) mass is 265 g/mol. The summed E-state index contributed by atoms with van der Waals surface area (Å²) in [6.07, 6.45) is 1.67. The van der Waals surface area contributed by atoms with E-state index in [0.717, 1.165) is 22.9 Å². The minimum Gasteiger partial charge on any atom is -0.292 e. The van der Waals surface area contributed by atoms with Gasteiger partial charge in [-0.25, -0.2) is 0 Å². The average Bonchev–Trinajstić information content (AvgIpc) is 2.96. The molecule has 0 unspecified atom stereocenters. The highest BCUT2D eigenvalue weighted by Crippen LogP contribution is 2.53. The second kappa shape index (κ2) is 2.70. The normalized spacial score (nSPS) is 21.1. The van der Waals surface area contributed by atoms with Gasteiger partial charge in [0.15, 0.2) is 0 Å². The van der Waals surface area contributed by atoms with Crippen LogP contribution in [-0.2, 0) is 10.2 Å². The zero-order chi connectivity index (χ0) is 10.6. The highest BCUT2D eigenvalue weighted by Gasteiger charge is 2.56. The average molecular weight is 266 g/mol. The maximum absolute atomic E-state index is 11.8. The third kappa shape index (κ3) is 1.05. The summed E-state index contributed by atoms with van der Waals surface area (Å²) in [6.45, 7) is 0. The molecule has 1 aliphatic carbocycles. The Hall–Kier alpha value is -1.16. The van der Waals surface area contributed by atoms with E-state index in [0.29, 0.717) is 5.56 Å². The maximum Gasteiger partial charge on any atom is 0.258 e. The molecule has 1 fully saturated rings. The maximum atomic E-state index is 11.8. The second-order valence-electron chi connectivity index (χ2n) is 4.03. The number of fused-ring (bicyclic) bond motifs is 2. The van der Waals surface area contributed by atoms with Gasteiger partial charge in [0.1, 0.15) is 0 Å². The van der Waals surface area contributed by atoms with Gasteiger partial charge in [-0.05, 0) is 30.5 Å². The van der Waals surface area contributed by atoms with E-state index in [2.05, 4.69) is 21.2 Å². The quantitative estimate of drug-likeness (QED) is 0.727. The summed E-state index contributed by atoms with van der Waals surface area (Å²) in [5, 5.41) is 2.42. The fraction of sp³-hybridized carbons (Fsp3) is 0.273. The molecule has 1 aromatic carbocycles. The molecule has 1 aliphatic heterocycles. The molecular formula is C11H8BrNO2. The number of carbonyl (C=O) groups excluding carboxylic acids is 2. The number of imide groups is 1. The molecule has 3 nitrogen and oxygen atoms in total. The first-order valence-electron chi connectivity index (χ1n) is 4.80. The largest absolute Gasteiger partial charge is 0.292 e. The van der Waals surface area contributed by atoms with Crippen LogP contribution in [0.1, 0.15) is 28.8 Å². The Morgan fingerprint density at radius 2 is 2.00 bits per heavy atom. The van der Waals surface area contributed by atoms with Crippen molar-refractivity contribution < 1.29 is 9.59 Å². The van der Waals surface area contributed by atoms with Crippen LogP contribution in [-0.4, -0.2) is 11.8 Å². The first kappa shape index (κ1) is 9.09. The van der Waals surface area contributed by atoms with Crippen LogP contribution in [0.5, 0.6) is 0 Å². The van der Waals surface area contributed by atoms with Crippen molar-refractivity contribution in [1.29, 1.82) is 0 Å². The summed E-state index contributed by atoms with van der Waals surface area (Å²) in [4.78, 5) is 23.4. The topological polar surface area (TPSA) is 46.2 Å². The van der Waals surface area contributed by atoms with Gasteiger partial charge in [-0.2, -0.15) is 0 Å². The van der Waals surface area contributed by atoms with Gasteiger partial charge < -0.3 is 0 Å². The number of amides is 2. The van der Waals surface area contributed by atoms with E-state index in [-0.39, 0.29) is 11.8 Å². The molecule has 0 bridgehead atoms. The third-order valence-electron chi connectivity index (χ3n) is 3.15. The zero-order valence-corrected chi connectivity index (χ0v) is 9.43. The lowest BCUT2D eigenvalue weighted by Gasteiger charge is -2.24. The summed E-state index contributed by atoms with van der Waals surface area (Å²) in [6, 6.07) is 5.46. The molecule has 1 aromatic rings. The molecule has 1 heterocycles. The number of benzene rings is 1. The molecule has 2 aliphatic rings. The molecule has 0 saturated heterocycles. The van der Waals surface area contributed by atoms with Crippen molar-refractivity contribution in [3.8, 4) is 0 Å². The van der Waals surface area contributed by atoms with Crippen molar-refractivity contribution >= 4 is 27.7 Å². The lowest BCUT2D eigenvalue weighted by atomic mass is 9.87. The highest BCUT2D eigenvalue weighted by atomic mass is 79.9. The van der Waals surface area contributed by atoms with Crippen LogP contribution in [0.15, 0.2) is 22.7 Å². The fourth-order valence-electron chi connectivity index (χ4n) is 2.21. The first-order chi connectivity index (χ1) is 7.15. The summed E-state index contributed by atoms with van der Waals surface area (Å²) < 4.78 is 0.862. The molecule has 3 rings (SSSR count). The minimum atomic E-state index is -0.427. The van der Waals surface area contributed by atoms with E-state index in [9.17, 15) is 9.59 Å². The van der Waals surface area contributed by atoms with E-state index < -0.39 is 5.41 Å². The Bertz CT molecular complexity index is 491. The van der Waals surface area contributed by atoms with Gasteiger partial charge >= 0.3 is 0 Å². The predicted octanol–water partition coefficient (Wildman–Crippen LogP) is 1.75. The first-order valence-corrected chi connectivity index (χ1v) is 5.59. The number of rotatable bonds is 0. The van der Waals surface area contributed by atoms with Crippen molar-refractivity contribution in [3.63, 3.8) is 0 Å². The van der Waals surface area contributed by atoms with Crippen LogP contribution in [0, 0.1) is 0 Å². The summed E-state index contributed by atoms with van der Waals surface area (Å²) in [5.41, 5.74) is 1.07. The third-order valence-corrected chi connectivity index (χ3v) is 3.81. The van der Waals surface area contributed by atoms with Gasteiger partial charge in [-0.15, -0.1) is 0 Å². The van der Waals surface area contributed by atoms with E-state index in [4.69, 9.17) is 0 Å². The van der Waals surface area contributed by atoms with Gasteiger partial charge in [-0.1, -0.05) is 22.0 Å². The van der Waals surface area contributed by atoms with Gasteiger partial charge in [0.2, 0.25) is 5.91 Å². The molecule has 2 amide bonds. The number of nitrogens with one attached hydrogen (secondary N) is 1. The number of hydrogen-bond donors (Lipinski definition) is 1. The lowest BCUT2D eigenvalue weighted by Crippen LogP contribution is -2.45. The Kier molecular flexibility index (Phi) is 1.63. The van der Waals surface area contributed by atoms with Crippen LogP contribution in [0.3, 0.4) is 0 Å². The highest BCUT2D eigenvalue weighted by molar-refractivity contribution is 9.10. The summed E-state index contributed by atoms with van der Waals surface area (Å²) in [7, 11) is 0. The standard InChI is InChI=1S/C11H8BrNO2/c12-7-3-1-2-6-8(7)11(4-5-11)10(15)13-9(6)14/h1-3H,4-5H2,(H,13,14,15). The van der Waals surface area contributed by atoms with E-state index in [1.165, 1.54) is 0 Å². The van der Waals surface area contributed by atoms with Crippen LogP contribution >= 0.6 is 15.9 Å². The number of halogens is 1. The van der Waals surface area contributed by atoms with Crippen molar-refractivity contribution in [1.82, 2.24) is 5.32 Å². The molecule has 0 radical (unpaired) electrons. The molecule has 76 valence electrons. The Labute approximate surface area is 95.0 Å². The van der Waals surface area contributed by atoms with Crippen LogP contribution in [0.4, 0.5) is 0 Å². The molecule has 0 aromatic heterocycles. The van der Waals surface area contributed by atoms with E-state index in [1.807, 2.05) is 12.1 Å². The van der Waals surface area contributed by atoms with Gasteiger partial charge in [0, 0.05) is 10.0 Å². The van der Waals surface area contributed by atoms with Crippen molar-refractivity contribution in [2.45, 2.75) is 18.3 Å². The summed E-state index contributed by atoms with van der Waals surface area (Å²) >= 11 is 3.42. The minimum absolute atomic E-state index is 0.146. The molecular weight excluding hydrogens is 258 g/mol. The van der Waals surface area contributed by atoms with Crippen molar-refractivity contribution in [2.75, 3.05) is 0 Å². The van der Waals surface area contributed by atoms with Crippen LogP contribution < -0.4 is 5.32 Å². The molecule has 4 heteroatoms. The Balaban J connectivity index is 2.32. The van der Waals surface area contributed by atoms with Crippen molar-refractivity contribution in [2.24, 2.45) is 0 Å². The molecule has 1 N–H and O–H groups in total. The number of hydrogen-bond acceptors (Lipinski definition) is 2. The van der Waals surface area contributed by atoms with E-state index >= 15 is 0 Å². The lowest BCUT2D eigenvalue weighted by molar-refractivity contribution is -0.122. The molecule has 1 spiro atoms. The summed E-state index contributed by atoms with van der Waals surface area (Å²) in [5.74, 6) is -0.430. The van der Waals surface area contributed by atoms with Gasteiger partial charge in [0.25, 0.3) is 5.91 Å². The molecule has 15 heavy (non-hydrogen) atoms. The molecule has 0 atom stereocenters. The Morgan fingerprint density at radius 3 is 2.67 bits per heavy atom. The van der Waals surface area contributed by atoms with Gasteiger partial charge in [0.05, 0.1) is 5.41 Å². The van der Waals surface area contributed by atoms with Gasteiger partial charge in [-0.3, -0.25) is 14.9 Å². The van der Waals surface area contributed by atoms with Crippen LogP contribution in [0.2, 0.25) is 0 Å². The zero-order valence-electron chi connectivity index (χ0n) is 7.84. The number of carbonyl (C=O) groups is 2. The fourth-order valence-corrected chi connectivity index (χ4v) is 2.95. The van der Waals surface area contributed by atoms with Crippen LogP contribution in [0.25, 0.3) is 0 Å². The Morgan fingerprint density at radius 1 is 1.27 bits per heavy atom. The van der Waals surface area contributed by atoms with Crippen molar-refractivity contribution in [3.05, 3.63) is 33.8 Å². The smallest absolute Gasteiger partial charge is 0.258 e. The second-order valence-corrected chi connectivity index (χ2v) is 4.88. The SMILES string of the molecule is O=C1NC(=O)C2(CC2)c2c(Br)cccc21. The molecule has 1 saturated carbocycles.